The highest BCUT2D eigenvalue weighted by Gasteiger charge is 2.21. The fourth-order valence-corrected chi connectivity index (χ4v) is 4.30. The number of hydrogen-bond donors (Lipinski definition) is 3. The lowest BCUT2D eigenvalue weighted by atomic mass is 10.0. The monoisotopic (exact) mass is 445 g/mol. The molecule has 2 aromatic carbocycles. The molecule has 33 heavy (non-hydrogen) atoms. The van der Waals surface area contributed by atoms with Gasteiger partial charge in [0.05, 0.1) is 12.0 Å². The number of benzene rings is 2. The van der Waals surface area contributed by atoms with E-state index in [9.17, 15) is 9.90 Å². The highest BCUT2D eigenvalue weighted by molar-refractivity contribution is 6.15. The molecule has 0 aliphatic heterocycles. The summed E-state index contributed by atoms with van der Waals surface area (Å²) in [6, 6.07) is 10.9. The van der Waals surface area contributed by atoms with Crippen LogP contribution in [0.5, 0.6) is 11.5 Å². The van der Waals surface area contributed by atoms with Gasteiger partial charge in [0.25, 0.3) is 0 Å². The van der Waals surface area contributed by atoms with E-state index in [1.165, 1.54) is 38.2 Å². The Bertz CT molecular complexity index is 1460. The number of aromatic nitrogens is 3. The molecule has 3 heterocycles. The molecule has 0 unspecified atom stereocenters. The van der Waals surface area contributed by atoms with E-state index in [1.807, 2.05) is 30.5 Å². The number of phenolic OH excluding ortho intramolecular Hbond substituents is 1. The zero-order chi connectivity index (χ0) is 22.8. The molecule has 0 amide bonds. The molecule has 7 heteroatoms. The van der Waals surface area contributed by atoms with E-state index >= 15 is 0 Å². The molecule has 7 nitrogen and oxygen atoms in total. The summed E-state index contributed by atoms with van der Waals surface area (Å²) in [6.45, 7) is 2.94. The molecule has 170 valence electrons. The SMILES string of the molecule is CCCCCCCCOc1ccc(-c2c3c[nH][nH]c3nc3c2oc2c(O)c(=O)ccc23)cc1. The number of unbranched alkanes of at least 4 members (excludes halogenated alkanes) is 5. The number of phenols is 1. The van der Waals surface area contributed by atoms with Crippen molar-refractivity contribution in [1.29, 1.82) is 0 Å². The summed E-state index contributed by atoms with van der Waals surface area (Å²) in [5.74, 6) is 0.429. The number of nitrogens with zero attached hydrogens (tertiary/aromatic N) is 1. The third-order valence-electron chi connectivity index (χ3n) is 6.06. The number of fused-ring (bicyclic) bond motifs is 4. The molecule has 0 radical (unpaired) electrons. The second-order valence-corrected chi connectivity index (χ2v) is 8.37. The average Bonchev–Trinajstić information content (AvgIpc) is 3.44. The van der Waals surface area contributed by atoms with Gasteiger partial charge in [0.2, 0.25) is 11.2 Å². The van der Waals surface area contributed by atoms with Crippen molar-refractivity contribution in [2.75, 3.05) is 6.61 Å². The third kappa shape index (κ3) is 3.95. The molecule has 0 aliphatic rings. The number of furan rings is 1. The van der Waals surface area contributed by atoms with Crippen molar-refractivity contribution in [1.82, 2.24) is 15.2 Å². The van der Waals surface area contributed by atoms with Crippen LogP contribution in [-0.2, 0) is 0 Å². The summed E-state index contributed by atoms with van der Waals surface area (Å²) in [4.78, 5) is 16.6. The summed E-state index contributed by atoms with van der Waals surface area (Å²) in [7, 11) is 0. The van der Waals surface area contributed by atoms with Crippen molar-refractivity contribution >= 4 is 33.1 Å². The smallest absolute Gasteiger partial charge is 0.224 e. The Balaban J connectivity index is 1.46. The lowest BCUT2D eigenvalue weighted by Gasteiger charge is -2.08. The minimum Gasteiger partial charge on any atom is -0.502 e. The number of hydrogen-bond acceptors (Lipinski definition) is 5. The Kier molecular flexibility index (Phi) is 5.77. The van der Waals surface area contributed by atoms with Gasteiger partial charge >= 0.3 is 0 Å². The maximum atomic E-state index is 11.9. The fourth-order valence-electron chi connectivity index (χ4n) is 4.30. The van der Waals surface area contributed by atoms with Crippen molar-refractivity contribution in [2.45, 2.75) is 45.4 Å². The zero-order valence-corrected chi connectivity index (χ0v) is 18.6. The van der Waals surface area contributed by atoms with Crippen LogP contribution < -0.4 is 10.2 Å². The minimum atomic E-state index is -0.478. The van der Waals surface area contributed by atoms with Gasteiger partial charge in [-0.3, -0.25) is 9.89 Å². The summed E-state index contributed by atoms with van der Waals surface area (Å²) in [6.07, 6.45) is 9.20. The zero-order valence-electron chi connectivity index (χ0n) is 18.6. The van der Waals surface area contributed by atoms with Crippen LogP contribution in [0.3, 0.4) is 0 Å². The Hall–Kier alpha value is -3.74. The van der Waals surface area contributed by atoms with Crippen molar-refractivity contribution < 1.29 is 14.3 Å². The lowest BCUT2D eigenvalue weighted by molar-refractivity contribution is 0.304. The Morgan fingerprint density at radius 2 is 1.76 bits per heavy atom. The molecule has 0 spiro atoms. The van der Waals surface area contributed by atoms with Gasteiger partial charge in [-0.1, -0.05) is 51.2 Å². The van der Waals surface area contributed by atoms with Crippen LogP contribution in [0.25, 0.3) is 44.2 Å². The lowest BCUT2D eigenvalue weighted by Crippen LogP contribution is -1.97. The van der Waals surface area contributed by atoms with Crippen molar-refractivity contribution in [2.24, 2.45) is 0 Å². The second-order valence-electron chi connectivity index (χ2n) is 8.37. The van der Waals surface area contributed by atoms with Crippen LogP contribution in [0.2, 0.25) is 0 Å². The molecule has 0 saturated carbocycles. The predicted molar refractivity (Wildman–Crippen MR) is 130 cm³/mol. The first kappa shape index (κ1) is 21.1. The van der Waals surface area contributed by atoms with E-state index in [4.69, 9.17) is 9.15 Å². The molecular formula is C26H27N3O4. The summed E-state index contributed by atoms with van der Waals surface area (Å²) >= 11 is 0. The van der Waals surface area contributed by atoms with Crippen LogP contribution in [-0.4, -0.2) is 26.9 Å². The molecule has 0 atom stereocenters. The summed E-state index contributed by atoms with van der Waals surface area (Å²) < 4.78 is 11.9. The van der Waals surface area contributed by atoms with E-state index < -0.39 is 11.2 Å². The van der Waals surface area contributed by atoms with Crippen molar-refractivity contribution in [3.05, 3.63) is 52.8 Å². The van der Waals surface area contributed by atoms with Gasteiger partial charge in [0, 0.05) is 17.1 Å². The number of H-pyrrole nitrogens is 2. The number of aromatic hydroxyl groups is 1. The Labute approximate surface area is 190 Å². The van der Waals surface area contributed by atoms with Crippen LogP contribution in [0, 0.1) is 0 Å². The van der Waals surface area contributed by atoms with Crippen molar-refractivity contribution in [3.8, 4) is 22.6 Å². The van der Waals surface area contributed by atoms with Gasteiger partial charge in [-0.15, -0.1) is 0 Å². The van der Waals surface area contributed by atoms with Gasteiger partial charge in [-0.2, -0.15) is 0 Å². The average molecular weight is 446 g/mol. The molecule has 0 saturated heterocycles. The van der Waals surface area contributed by atoms with E-state index in [2.05, 4.69) is 22.1 Å². The van der Waals surface area contributed by atoms with Gasteiger partial charge in [0.1, 0.15) is 11.3 Å². The van der Waals surface area contributed by atoms with E-state index in [-0.39, 0.29) is 5.58 Å². The number of nitrogens with one attached hydrogen (secondary N) is 2. The first-order valence-corrected chi connectivity index (χ1v) is 11.5. The topological polar surface area (TPSA) is 104 Å². The number of pyridine rings is 1. The molecule has 5 aromatic rings. The van der Waals surface area contributed by atoms with E-state index in [0.29, 0.717) is 28.7 Å². The van der Waals surface area contributed by atoms with Crippen LogP contribution in [0.4, 0.5) is 0 Å². The number of ether oxygens (including phenoxy) is 1. The Morgan fingerprint density at radius 3 is 2.58 bits per heavy atom. The fraction of sp³-hybridized carbons (Fsp3) is 0.308. The maximum Gasteiger partial charge on any atom is 0.224 e. The minimum absolute atomic E-state index is 0.154. The molecule has 0 aliphatic carbocycles. The first-order valence-electron chi connectivity index (χ1n) is 11.5. The predicted octanol–water partition coefficient (Wildman–Crippen LogP) is 6.26. The Morgan fingerprint density at radius 1 is 0.970 bits per heavy atom. The quantitative estimate of drug-likeness (QED) is 0.232. The molecule has 5 rings (SSSR count). The highest BCUT2D eigenvalue weighted by Crippen LogP contribution is 2.40. The second kappa shape index (κ2) is 9.02. The maximum absolute atomic E-state index is 11.9. The first-order chi connectivity index (χ1) is 16.2. The number of aromatic amines is 2. The molecule has 0 bridgehead atoms. The third-order valence-corrected chi connectivity index (χ3v) is 6.06. The molecule has 3 N–H and O–H groups in total. The standard InChI is InChI=1S/C26H27N3O4/c1-2-3-4-5-6-7-14-32-17-10-8-16(9-11-17)21-19-15-27-29-26(19)28-22-18-12-13-20(30)23(31)24(18)33-25(21)22/h8-13,15,31H,2-7,14H2,1H3,(H2,27,28,29). The van der Waals surface area contributed by atoms with Crippen molar-refractivity contribution in [3.63, 3.8) is 0 Å². The van der Waals surface area contributed by atoms with E-state index in [0.717, 1.165) is 28.7 Å². The molecule has 3 aromatic heterocycles. The number of rotatable bonds is 9. The normalized spacial score (nSPS) is 11.7. The van der Waals surface area contributed by atoms with Crippen LogP contribution >= 0.6 is 0 Å². The van der Waals surface area contributed by atoms with E-state index in [1.54, 1.807) is 6.07 Å². The summed E-state index contributed by atoms with van der Waals surface area (Å²) in [5.41, 5.74) is 3.20. The molecular weight excluding hydrogens is 418 g/mol. The van der Waals surface area contributed by atoms with Gasteiger partial charge in [0.15, 0.2) is 16.8 Å². The van der Waals surface area contributed by atoms with Crippen LogP contribution in [0.1, 0.15) is 45.4 Å². The van der Waals surface area contributed by atoms with Gasteiger partial charge in [-0.25, -0.2) is 4.98 Å². The summed E-state index contributed by atoms with van der Waals surface area (Å²) in [5, 5.41) is 17.7. The van der Waals surface area contributed by atoms with Gasteiger partial charge < -0.3 is 19.4 Å². The highest BCUT2D eigenvalue weighted by atomic mass is 16.5. The van der Waals surface area contributed by atoms with Crippen LogP contribution in [0.15, 0.2) is 51.8 Å². The molecule has 0 fully saturated rings. The largest absolute Gasteiger partial charge is 0.502 e. The van der Waals surface area contributed by atoms with Gasteiger partial charge in [-0.05, 0) is 36.2 Å².